The van der Waals surface area contributed by atoms with E-state index in [9.17, 15) is 4.79 Å². The van der Waals surface area contributed by atoms with Crippen molar-refractivity contribution in [3.05, 3.63) is 0 Å². The molecule has 0 radical (unpaired) electrons. The lowest BCUT2D eigenvalue weighted by molar-refractivity contribution is -0.148. The van der Waals surface area contributed by atoms with Crippen LogP contribution in [0.25, 0.3) is 0 Å². The van der Waals surface area contributed by atoms with Gasteiger partial charge in [0.1, 0.15) is 0 Å². The van der Waals surface area contributed by atoms with Crippen molar-refractivity contribution in [1.29, 1.82) is 0 Å². The van der Waals surface area contributed by atoms with Gasteiger partial charge in [0.05, 0.1) is 12.5 Å². The Hall–Kier alpha value is -0.530. The second-order valence-corrected chi connectivity index (χ2v) is 3.87. The van der Waals surface area contributed by atoms with E-state index in [0.717, 1.165) is 19.3 Å². The van der Waals surface area contributed by atoms with Crippen molar-refractivity contribution >= 4 is 5.97 Å². The molecule has 0 spiro atoms. The summed E-state index contributed by atoms with van der Waals surface area (Å²) in [5.41, 5.74) is 0. The minimum atomic E-state index is -0.0157. The van der Waals surface area contributed by atoms with Crippen LogP contribution < -0.4 is 0 Å². The molecular formula is C11H22O2. The molecule has 78 valence electrons. The van der Waals surface area contributed by atoms with Crippen molar-refractivity contribution < 1.29 is 9.53 Å². The monoisotopic (exact) mass is 186 g/mol. The number of esters is 1. The van der Waals surface area contributed by atoms with Gasteiger partial charge in [-0.3, -0.25) is 4.79 Å². The van der Waals surface area contributed by atoms with E-state index in [-0.39, 0.29) is 11.9 Å². The zero-order valence-electron chi connectivity index (χ0n) is 9.30. The van der Waals surface area contributed by atoms with Gasteiger partial charge in [-0.2, -0.15) is 0 Å². The fraction of sp³-hybridized carbons (Fsp3) is 0.909. The first-order chi connectivity index (χ1) is 6.11. The predicted octanol–water partition coefficient (Wildman–Crippen LogP) is 3.01. The van der Waals surface area contributed by atoms with Crippen molar-refractivity contribution in [2.75, 3.05) is 6.61 Å². The molecule has 0 heterocycles. The molecule has 0 saturated heterocycles. The van der Waals surface area contributed by atoms with Crippen LogP contribution in [0.1, 0.15) is 47.0 Å². The van der Waals surface area contributed by atoms with Gasteiger partial charge in [0.15, 0.2) is 0 Å². The SMILES string of the molecule is CCC[C@H](CC(C)C)C(=O)OCC. The molecule has 0 unspecified atom stereocenters. The molecule has 0 aromatic carbocycles. The number of carbonyl (C=O) groups excluding carboxylic acids is 1. The van der Waals surface area contributed by atoms with Crippen molar-refractivity contribution in [2.45, 2.75) is 47.0 Å². The van der Waals surface area contributed by atoms with Crippen molar-refractivity contribution in [2.24, 2.45) is 11.8 Å². The van der Waals surface area contributed by atoms with Gasteiger partial charge in [0, 0.05) is 0 Å². The van der Waals surface area contributed by atoms with Crippen LogP contribution in [0, 0.1) is 11.8 Å². The molecule has 0 fully saturated rings. The van der Waals surface area contributed by atoms with E-state index >= 15 is 0 Å². The molecule has 0 aromatic rings. The highest BCUT2D eigenvalue weighted by Crippen LogP contribution is 2.18. The molecule has 0 aliphatic heterocycles. The third-order valence-corrected chi connectivity index (χ3v) is 2.01. The number of hydrogen-bond donors (Lipinski definition) is 0. The molecular weight excluding hydrogens is 164 g/mol. The molecule has 1 atom stereocenters. The highest BCUT2D eigenvalue weighted by atomic mass is 16.5. The van der Waals surface area contributed by atoms with Crippen LogP contribution in [0.4, 0.5) is 0 Å². The summed E-state index contributed by atoms with van der Waals surface area (Å²) in [6, 6.07) is 0. The van der Waals surface area contributed by atoms with Gasteiger partial charge in [0.25, 0.3) is 0 Å². The maximum Gasteiger partial charge on any atom is 0.308 e. The van der Waals surface area contributed by atoms with Crippen molar-refractivity contribution in [3.8, 4) is 0 Å². The van der Waals surface area contributed by atoms with Gasteiger partial charge in [-0.05, 0) is 25.7 Å². The lowest BCUT2D eigenvalue weighted by atomic mass is 9.93. The maximum atomic E-state index is 11.4. The summed E-state index contributed by atoms with van der Waals surface area (Å²) in [7, 11) is 0. The Morgan fingerprint density at radius 3 is 2.31 bits per heavy atom. The van der Waals surface area contributed by atoms with E-state index in [0.29, 0.717) is 12.5 Å². The zero-order chi connectivity index (χ0) is 10.3. The van der Waals surface area contributed by atoms with Gasteiger partial charge in [-0.25, -0.2) is 0 Å². The summed E-state index contributed by atoms with van der Waals surface area (Å²) in [6.07, 6.45) is 2.96. The smallest absolute Gasteiger partial charge is 0.308 e. The summed E-state index contributed by atoms with van der Waals surface area (Å²) in [5, 5.41) is 0. The number of rotatable bonds is 6. The Morgan fingerprint density at radius 2 is 1.92 bits per heavy atom. The second kappa shape index (κ2) is 6.93. The second-order valence-electron chi connectivity index (χ2n) is 3.87. The van der Waals surface area contributed by atoms with Crippen molar-refractivity contribution in [1.82, 2.24) is 0 Å². The minimum Gasteiger partial charge on any atom is -0.466 e. The van der Waals surface area contributed by atoms with Crippen LogP contribution >= 0.6 is 0 Å². The maximum absolute atomic E-state index is 11.4. The summed E-state index contributed by atoms with van der Waals surface area (Å²) < 4.78 is 5.02. The van der Waals surface area contributed by atoms with Crippen LogP contribution in [-0.4, -0.2) is 12.6 Å². The Labute approximate surface area is 81.7 Å². The Morgan fingerprint density at radius 1 is 1.31 bits per heavy atom. The quantitative estimate of drug-likeness (QED) is 0.596. The summed E-state index contributed by atoms with van der Waals surface area (Å²) in [5.74, 6) is 0.670. The molecule has 0 aliphatic carbocycles. The minimum absolute atomic E-state index is 0.0157. The van der Waals surface area contributed by atoms with Gasteiger partial charge >= 0.3 is 5.97 Å². The fourth-order valence-corrected chi connectivity index (χ4v) is 1.51. The molecule has 0 saturated carbocycles. The number of carbonyl (C=O) groups is 1. The Kier molecular flexibility index (Phi) is 6.65. The predicted molar refractivity (Wildman–Crippen MR) is 54.5 cm³/mol. The fourth-order valence-electron chi connectivity index (χ4n) is 1.51. The number of hydrogen-bond acceptors (Lipinski definition) is 2. The van der Waals surface area contributed by atoms with E-state index in [1.54, 1.807) is 0 Å². The van der Waals surface area contributed by atoms with Crippen LogP contribution in [0.5, 0.6) is 0 Å². The molecule has 2 nitrogen and oxygen atoms in total. The van der Waals surface area contributed by atoms with E-state index in [2.05, 4.69) is 20.8 Å². The van der Waals surface area contributed by atoms with Crippen LogP contribution in [-0.2, 0) is 9.53 Å². The van der Waals surface area contributed by atoms with Crippen LogP contribution in [0.2, 0.25) is 0 Å². The van der Waals surface area contributed by atoms with Gasteiger partial charge in [0.2, 0.25) is 0 Å². The molecule has 13 heavy (non-hydrogen) atoms. The molecule has 0 aliphatic rings. The summed E-state index contributed by atoms with van der Waals surface area (Å²) in [6.45, 7) is 8.74. The molecule has 2 heteroatoms. The highest BCUT2D eigenvalue weighted by Gasteiger charge is 2.19. The van der Waals surface area contributed by atoms with Crippen LogP contribution in [0.15, 0.2) is 0 Å². The van der Waals surface area contributed by atoms with Crippen molar-refractivity contribution in [3.63, 3.8) is 0 Å². The average molecular weight is 186 g/mol. The lowest BCUT2D eigenvalue weighted by Crippen LogP contribution is -2.19. The van der Waals surface area contributed by atoms with E-state index in [1.165, 1.54) is 0 Å². The molecule has 0 rings (SSSR count). The third kappa shape index (κ3) is 5.67. The topological polar surface area (TPSA) is 26.3 Å². The first-order valence-corrected chi connectivity index (χ1v) is 5.28. The van der Waals surface area contributed by atoms with E-state index in [4.69, 9.17) is 4.74 Å². The average Bonchev–Trinajstić information content (AvgIpc) is 2.03. The lowest BCUT2D eigenvalue weighted by Gasteiger charge is -2.16. The van der Waals surface area contributed by atoms with Crippen LogP contribution in [0.3, 0.4) is 0 Å². The standard InChI is InChI=1S/C11H22O2/c1-5-7-10(8-9(3)4)11(12)13-6-2/h9-10H,5-8H2,1-4H3/t10-/m1/s1. The Bertz CT molecular complexity index is 141. The van der Waals surface area contributed by atoms with Gasteiger partial charge < -0.3 is 4.74 Å². The number of ether oxygens (including phenoxy) is 1. The van der Waals surface area contributed by atoms with Gasteiger partial charge in [-0.1, -0.05) is 27.2 Å². The summed E-state index contributed by atoms with van der Waals surface area (Å²) >= 11 is 0. The highest BCUT2D eigenvalue weighted by molar-refractivity contribution is 5.72. The van der Waals surface area contributed by atoms with E-state index < -0.39 is 0 Å². The third-order valence-electron chi connectivity index (χ3n) is 2.01. The zero-order valence-corrected chi connectivity index (χ0v) is 9.30. The normalized spacial score (nSPS) is 13.0. The first kappa shape index (κ1) is 12.5. The largest absolute Gasteiger partial charge is 0.466 e. The molecule has 0 N–H and O–H groups in total. The van der Waals surface area contributed by atoms with Gasteiger partial charge in [-0.15, -0.1) is 0 Å². The molecule has 0 aromatic heterocycles. The molecule has 0 amide bonds. The summed E-state index contributed by atoms with van der Waals surface area (Å²) in [4.78, 5) is 11.4. The Balaban J connectivity index is 3.98. The first-order valence-electron chi connectivity index (χ1n) is 5.28. The molecule has 0 bridgehead atoms. The van der Waals surface area contributed by atoms with E-state index in [1.807, 2.05) is 6.92 Å².